The molecule has 0 radical (unpaired) electrons. The van der Waals surface area contributed by atoms with Crippen LogP contribution in [0.15, 0.2) is 40.2 Å². The number of benzene rings is 1. The van der Waals surface area contributed by atoms with Gasteiger partial charge in [0, 0.05) is 34.4 Å². The first kappa shape index (κ1) is 14.7. The van der Waals surface area contributed by atoms with Crippen LogP contribution in [0.25, 0.3) is 0 Å². The van der Waals surface area contributed by atoms with Gasteiger partial charge in [-0.05, 0) is 47.2 Å². The topological polar surface area (TPSA) is 15.3 Å². The molecule has 4 heteroatoms. The van der Waals surface area contributed by atoms with Crippen LogP contribution in [0, 0.1) is 0 Å². The highest BCUT2D eigenvalue weighted by Gasteiger charge is 2.07. The lowest BCUT2D eigenvalue weighted by atomic mass is 10.1. The van der Waals surface area contributed by atoms with Crippen molar-refractivity contribution in [2.75, 3.05) is 14.1 Å². The predicted octanol–water partition coefficient (Wildman–Crippen LogP) is 3.86. The van der Waals surface area contributed by atoms with E-state index in [9.17, 15) is 0 Å². The average molecular weight is 339 g/mol. The molecule has 0 atom stereocenters. The lowest BCUT2D eigenvalue weighted by Crippen LogP contribution is -2.18. The summed E-state index contributed by atoms with van der Waals surface area (Å²) in [6, 6.07) is 10.8. The summed E-state index contributed by atoms with van der Waals surface area (Å²) in [5.74, 6) is 0. The predicted molar refractivity (Wildman–Crippen MR) is 86.4 cm³/mol. The highest BCUT2D eigenvalue weighted by Crippen LogP contribution is 2.21. The van der Waals surface area contributed by atoms with Gasteiger partial charge in [-0.2, -0.15) is 0 Å². The molecule has 1 heterocycles. The number of hydrogen-bond acceptors (Lipinski definition) is 3. The van der Waals surface area contributed by atoms with Gasteiger partial charge in [0.05, 0.1) is 0 Å². The molecule has 1 N–H and O–H groups in total. The molecule has 0 aliphatic carbocycles. The minimum atomic E-state index is 0.925. The Labute approximate surface area is 127 Å². The van der Waals surface area contributed by atoms with Crippen molar-refractivity contribution in [3.8, 4) is 0 Å². The first-order valence-electron chi connectivity index (χ1n) is 6.32. The highest BCUT2D eigenvalue weighted by molar-refractivity contribution is 9.10. The van der Waals surface area contributed by atoms with Crippen molar-refractivity contribution < 1.29 is 0 Å². The normalized spacial score (nSPS) is 11.2. The van der Waals surface area contributed by atoms with Crippen molar-refractivity contribution in [1.82, 2.24) is 10.2 Å². The Kier molecular flexibility index (Phi) is 5.58. The molecule has 0 saturated heterocycles. The van der Waals surface area contributed by atoms with Gasteiger partial charge in [-0.3, -0.25) is 4.90 Å². The molecule has 0 bridgehead atoms. The number of thiophene rings is 1. The molecule has 0 aliphatic rings. The van der Waals surface area contributed by atoms with Gasteiger partial charge in [0.25, 0.3) is 0 Å². The van der Waals surface area contributed by atoms with Crippen molar-refractivity contribution >= 4 is 27.3 Å². The largest absolute Gasteiger partial charge is 0.316 e. The second-order valence-electron chi connectivity index (χ2n) is 4.70. The first-order valence-corrected chi connectivity index (χ1v) is 7.99. The van der Waals surface area contributed by atoms with Gasteiger partial charge in [-0.25, -0.2) is 0 Å². The van der Waals surface area contributed by atoms with Crippen molar-refractivity contribution in [2.45, 2.75) is 19.6 Å². The Morgan fingerprint density at radius 3 is 2.58 bits per heavy atom. The summed E-state index contributed by atoms with van der Waals surface area (Å²) in [7, 11) is 4.16. The van der Waals surface area contributed by atoms with Crippen LogP contribution in [-0.4, -0.2) is 19.0 Å². The second kappa shape index (κ2) is 7.20. The third-order valence-corrected chi connectivity index (χ3v) is 4.66. The van der Waals surface area contributed by atoms with Crippen LogP contribution in [0.2, 0.25) is 0 Å². The van der Waals surface area contributed by atoms with E-state index in [1.54, 1.807) is 11.3 Å². The van der Waals surface area contributed by atoms with E-state index in [0.29, 0.717) is 0 Å². The average Bonchev–Trinajstić information content (AvgIpc) is 2.77. The van der Waals surface area contributed by atoms with Gasteiger partial charge in [-0.15, -0.1) is 11.3 Å². The maximum atomic E-state index is 3.50. The van der Waals surface area contributed by atoms with E-state index in [2.05, 4.69) is 68.9 Å². The molecule has 0 fully saturated rings. The van der Waals surface area contributed by atoms with E-state index in [1.807, 2.05) is 7.05 Å². The Hall–Kier alpha value is -0.680. The molecule has 2 rings (SSSR count). The van der Waals surface area contributed by atoms with E-state index in [1.165, 1.54) is 20.5 Å². The van der Waals surface area contributed by atoms with Crippen LogP contribution in [0.5, 0.6) is 0 Å². The van der Waals surface area contributed by atoms with Gasteiger partial charge in [-0.1, -0.05) is 24.3 Å². The Balaban J connectivity index is 2.00. The fraction of sp³-hybridized carbons (Fsp3) is 0.333. The number of nitrogens with one attached hydrogen (secondary N) is 1. The summed E-state index contributed by atoms with van der Waals surface area (Å²) in [6.45, 7) is 2.89. The van der Waals surface area contributed by atoms with Crippen LogP contribution in [0.3, 0.4) is 0 Å². The summed E-state index contributed by atoms with van der Waals surface area (Å²) >= 11 is 5.31. The second-order valence-corrected chi connectivity index (χ2v) is 6.61. The molecule has 2 aromatic rings. The third kappa shape index (κ3) is 4.42. The maximum Gasteiger partial charge on any atom is 0.0328 e. The third-order valence-electron chi connectivity index (χ3n) is 2.97. The molecular formula is C15H19BrN2S. The van der Waals surface area contributed by atoms with E-state index >= 15 is 0 Å². The summed E-state index contributed by atoms with van der Waals surface area (Å²) in [5.41, 5.74) is 2.78. The summed E-state index contributed by atoms with van der Waals surface area (Å²) in [4.78, 5) is 3.74. The number of halogens is 1. The van der Waals surface area contributed by atoms with Crippen LogP contribution >= 0.6 is 27.3 Å². The molecule has 0 amide bonds. The van der Waals surface area contributed by atoms with E-state index in [0.717, 1.165) is 19.6 Å². The molecule has 0 aliphatic heterocycles. The molecular weight excluding hydrogens is 320 g/mol. The number of nitrogens with zero attached hydrogens (tertiary/aromatic N) is 1. The monoisotopic (exact) mass is 338 g/mol. The zero-order valence-corrected chi connectivity index (χ0v) is 13.7. The van der Waals surface area contributed by atoms with E-state index in [4.69, 9.17) is 0 Å². The van der Waals surface area contributed by atoms with Crippen LogP contribution in [-0.2, 0) is 19.6 Å². The summed E-state index contributed by atoms with van der Waals surface area (Å²) < 4.78 is 1.18. The molecule has 0 spiro atoms. The molecule has 1 aromatic carbocycles. The van der Waals surface area contributed by atoms with Crippen LogP contribution in [0.4, 0.5) is 0 Å². The molecule has 102 valence electrons. The van der Waals surface area contributed by atoms with Crippen molar-refractivity contribution in [3.05, 3.63) is 56.2 Å². The van der Waals surface area contributed by atoms with Crippen molar-refractivity contribution in [2.24, 2.45) is 0 Å². The standard InChI is InChI=1S/C15H19BrN2S/c1-17-8-12-5-3-4-6-13(12)9-18(2)10-15-7-14(16)11-19-15/h3-7,11,17H,8-10H2,1-2H3. The zero-order valence-electron chi connectivity index (χ0n) is 11.3. The molecule has 0 unspecified atom stereocenters. The van der Waals surface area contributed by atoms with Crippen LogP contribution in [0.1, 0.15) is 16.0 Å². The fourth-order valence-electron chi connectivity index (χ4n) is 2.12. The molecule has 19 heavy (non-hydrogen) atoms. The molecule has 1 aromatic heterocycles. The van der Waals surface area contributed by atoms with Crippen LogP contribution < -0.4 is 5.32 Å². The zero-order chi connectivity index (χ0) is 13.7. The number of rotatable bonds is 6. The number of hydrogen-bond donors (Lipinski definition) is 1. The Bertz CT molecular complexity index is 524. The van der Waals surface area contributed by atoms with Crippen molar-refractivity contribution in [3.63, 3.8) is 0 Å². The van der Waals surface area contributed by atoms with Gasteiger partial charge in [0.1, 0.15) is 0 Å². The summed E-state index contributed by atoms with van der Waals surface area (Å²) in [5, 5.41) is 5.37. The fourth-order valence-corrected chi connectivity index (χ4v) is 3.65. The lowest BCUT2D eigenvalue weighted by molar-refractivity contribution is 0.320. The smallest absolute Gasteiger partial charge is 0.0328 e. The van der Waals surface area contributed by atoms with Gasteiger partial charge in [0.2, 0.25) is 0 Å². The van der Waals surface area contributed by atoms with Gasteiger partial charge < -0.3 is 5.32 Å². The van der Waals surface area contributed by atoms with Gasteiger partial charge in [0.15, 0.2) is 0 Å². The summed E-state index contributed by atoms with van der Waals surface area (Å²) in [6.07, 6.45) is 0. The van der Waals surface area contributed by atoms with E-state index in [-0.39, 0.29) is 0 Å². The Morgan fingerprint density at radius 2 is 1.95 bits per heavy atom. The quantitative estimate of drug-likeness (QED) is 0.860. The lowest BCUT2D eigenvalue weighted by Gasteiger charge is -2.18. The molecule has 2 nitrogen and oxygen atoms in total. The first-order chi connectivity index (χ1) is 9.19. The minimum absolute atomic E-state index is 0.925. The Morgan fingerprint density at radius 1 is 1.21 bits per heavy atom. The maximum absolute atomic E-state index is 3.50. The SMILES string of the molecule is CNCc1ccccc1CN(C)Cc1cc(Br)cs1. The van der Waals surface area contributed by atoms with Crippen molar-refractivity contribution in [1.29, 1.82) is 0 Å². The minimum Gasteiger partial charge on any atom is -0.316 e. The highest BCUT2D eigenvalue weighted by atomic mass is 79.9. The van der Waals surface area contributed by atoms with E-state index < -0.39 is 0 Å². The van der Waals surface area contributed by atoms with Gasteiger partial charge >= 0.3 is 0 Å². The molecule has 0 saturated carbocycles.